The number of rotatable bonds is 7. The van der Waals surface area contributed by atoms with Gasteiger partial charge in [0.25, 0.3) is 0 Å². The lowest BCUT2D eigenvalue weighted by Gasteiger charge is -2.19. The third kappa shape index (κ3) is 4.31. The maximum Gasteiger partial charge on any atom is 0.125 e. The quantitative estimate of drug-likeness (QED) is 0.809. The molecular formula is C15H25NO2. The number of aryl methyl sites for hydroxylation is 1. The average molecular weight is 251 g/mol. The van der Waals surface area contributed by atoms with Crippen LogP contribution in [0.25, 0.3) is 0 Å². The summed E-state index contributed by atoms with van der Waals surface area (Å²) < 4.78 is 5.79. The summed E-state index contributed by atoms with van der Waals surface area (Å²) in [6.45, 7) is 11.7. The van der Waals surface area contributed by atoms with Crippen molar-refractivity contribution >= 4 is 0 Å². The molecule has 1 aromatic carbocycles. The molecular weight excluding hydrogens is 226 g/mol. The van der Waals surface area contributed by atoms with E-state index in [2.05, 4.69) is 18.7 Å². The maximum atomic E-state index is 9.74. The number of aliphatic hydroxyl groups excluding tert-OH is 1. The Morgan fingerprint density at radius 1 is 1.28 bits per heavy atom. The lowest BCUT2D eigenvalue weighted by atomic mass is 10.1. The molecule has 3 nitrogen and oxygen atoms in total. The largest absolute Gasteiger partial charge is 0.492 e. The number of aliphatic hydroxyl groups is 1. The van der Waals surface area contributed by atoms with Crippen LogP contribution in [0.5, 0.6) is 5.75 Å². The lowest BCUT2D eigenvalue weighted by molar-refractivity contribution is 0.184. The van der Waals surface area contributed by atoms with E-state index >= 15 is 0 Å². The summed E-state index contributed by atoms with van der Waals surface area (Å²) in [5.41, 5.74) is 2.01. The van der Waals surface area contributed by atoms with Crippen molar-refractivity contribution in [2.24, 2.45) is 0 Å². The first kappa shape index (κ1) is 15.0. The van der Waals surface area contributed by atoms with Crippen LogP contribution in [0.4, 0.5) is 0 Å². The molecule has 1 atom stereocenters. The van der Waals surface area contributed by atoms with E-state index in [1.54, 1.807) is 6.92 Å². The van der Waals surface area contributed by atoms with Crippen molar-refractivity contribution in [2.45, 2.75) is 33.8 Å². The molecule has 0 aliphatic heterocycles. The maximum absolute atomic E-state index is 9.74. The highest BCUT2D eigenvalue weighted by Crippen LogP contribution is 2.26. The summed E-state index contributed by atoms with van der Waals surface area (Å²) in [7, 11) is 0. The third-order valence-corrected chi connectivity index (χ3v) is 3.17. The normalized spacial score (nSPS) is 12.8. The van der Waals surface area contributed by atoms with Gasteiger partial charge in [-0.15, -0.1) is 0 Å². The second-order valence-electron chi connectivity index (χ2n) is 4.59. The van der Waals surface area contributed by atoms with Gasteiger partial charge in [-0.2, -0.15) is 0 Å². The van der Waals surface area contributed by atoms with Gasteiger partial charge in [0.05, 0.1) is 6.10 Å². The van der Waals surface area contributed by atoms with Crippen LogP contribution in [0.1, 0.15) is 38.0 Å². The van der Waals surface area contributed by atoms with E-state index in [1.807, 2.05) is 25.1 Å². The first-order valence-corrected chi connectivity index (χ1v) is 6.72. The molecule has 102 valence electrons. The van der Waals surface area contributed by atoms with E-state index in [1.165, 1.54) is 0 Å². The number of ether oxygens (including phenoxy) is 1. The zero-order valence-corrected chi connectivity index (χ0v) is 11.9. The van der Waals surface area contributed by atoms with Crippen molar-refractivity contribution in [1.82, 2.24) is 4.90 Å². The van der Waals surface area contributed by atoms with E-state index in [0.717, 1.165) is 36.5 Å². The van der Waals surface area contributed by atoms with Gasteiger partial charge in [0.2, 0.25) is 0 Å². The minimum Gasteiger partial charge on any atom is -0.492 e. The predicted octanol–water partition coefficient (Wildman–Crippen LogP) is 2.77. The van der Waals surface area contributed by atoms with Crippen molar-refractivity contribution in [3.8, 4) is 5.75 Å². The third-order valence-electron chi connectivity index (χ3n) is 3.17. The number of likely N-dealkylation sites (N-methyl/N-ethyl adjacent to an activating group) is 1. The molecule has 0 fully saturated rings. The molecule has 0 heterocycles. The lowest BCUT2D eigenvalue weighted by Crippen LogP contribution is -2.28. The van der Waals surface area contributed by atoms with E-state index in [-0.39, 0.29) is 0 Å². The molecule has 0 saturated carbocycles. The molecule has 0 radical (unpaired) electrons. The van der Waals surface area contributed by atoms with Gasteiger partial charge in [0, 0.05) is 12.1 Å². The van der Waals surface area contributed by atoms with Crippen LogP contribution in [0, 0.1) is 6.92 Å². The number of benzene rings is 1. The van der Waals surface area contributed by atoms with Gasteiger partial charge in [-0.1, -0.05) is 25.5 Å². The average Bonchev–Trinajstić information content (AvgIpc) is 2.36. The monoisotopic (exact) mass is 251 g/mol. The van der Waals surface area contributed by atoms with Crippen molar-refractivity contribution < 1.29 is 9.84 Å². The topological polar surface area (TPSA) is 32.7 Å². The first-order chi connectivity index (χ1) is 8.58. The number of nitrogens with zero attached hydrogens (tertiary/aromatic N) is 1. The summed E-state index contributed by atoms with van der Waals surface area (Å²) in [5.74, 6) is 0.794. The van der Waals surface area contributed by atoms with E-state index in [4.69, 9.17) is 4.74 Å². The summed E-state index contributed by atoms with van der Waals surface area (Å²) >= 11 is 0. The van der Waals surface area contributed by atoms with E-state index in [0.29, 0.717) is 6.61 Å². The molecule has 18 heavy (non-hydrogen) atoms. The molecule has 1 N–H and O–H groups in total. The SMILES string of the molecule is CCN(CC)CCOc1ccc(C)cc1C(C)O. The van der Waals surface area contributed by atoms with Crippen molar-refractivity contribution in [1.29, 1.82) is 0 Å². The second kappa shape index (κ2) is 7.39. The van der Waals surface area contributed by atoms with Crippen LogP contribution in [-0.4, -0.2) is 36.2 Å². The number of hydrogen-bond acceptors (Lipinski definition) is 3. The Hall–Kier alpha value is -1.06. The molecule has 1 aromatic rings. The zero-order chi connectivity index (χ0) is 13.5. The van der Waals surface area contributed by atoms with Crippen LogP contribution in [0.3, 0.4) is 0 Å². The van der Waals surface area contributed by atoms with Gasteiger partial charge in [-0.25, -0.2) is 0 Å². The smallest absolute Gasteiger partial charge is 0.125 e. The molecule has 0 bridgehead atoms. The Balaban J connectivity index is 2.61. The van der Waals surface area contributed by atoms with Crippen molar-refractivity contribution in [3.63, 3.8) is 0 Å². The highest BCUT2D eigenvalue weighted by molar-refractivity contribution is 5.38. The fourth-order valence-electron chi connectivity index (χ4n) is 1.95. The Labute approximate surface area is 110 Å². The van der Waals surface area contributed by atoms with Crippen molar-refractivity contribution in [2.75, 3.05) is 26.2 Å². The van der Waals surface area contributed by atoms with Crippen LogP contribution < -0.4 is 4.74 Å². The van der Waals surface area contributed by atoms with Gasteiger partial charge in [-0.05, 0) is 39.1 Å². The molecule has 0 aromatic heterocycles. The summed E-state index contributed by atoms with van der Waals surface area (Å²) in [4.78, 5) is 2.32. The van der Waals surface area contributed by atoms with E-state index < -0.39 is 6.10 Å². The predicted molar refractivity (Wildman–Crippen MR) is 75.1 cm³/mol. The molecule has 1 rings (SSSR count). The van der Waals surface area contributed by atoms with Crippen LogP contribution >= 0.6 is 0 Å². The second-order valence-corrected chi connectivity index (χ2v) is 4.59. The van der Waals surface area contributed by atoms with Crippen LogP contribution in [0.15, 0.2) is 18.2 Å². The summed E-state index contributed by atoms with van der Waals surface area (Å²) in [6.07, 6.45) is -0.492. The Kier molecular flexibility index (Phi) is 6.16. The molecule has 0 spiro atoms. The minimum absolute atomic E-state index is 0.492. The fraction of sp³-hybridized carbons (Fsp3) is 0.600. The summed E-state index contributed by atoms with van der Waals surface area (Å²) in [5, 5.41) is 9.74. The molecule has 0 aliphatic rings. The Bertz CT molecular complexity index is 360. The Morgan fingerprint density at radius 3 is 2.50 bits per heavy atom. The van der Waals surface area contributed by atoms with Crippen LogP contribution in [-0.2, 0) is 0 Å². The molecule has 0 amide bonds. The fourth-order valence-corrected chi connectivity index (χ4v) is 1.95. The number of hydrogen-bond donors (Lipinski definition) is 1. The Morgan fingerprint density at radius 2 is 1.94 bits per heavy atom. The van der Waals surface area contributed by atoms with Crippen molar-refractivity contribution in [3.05, 3.63) is 29.3 Å². The van der Waals surface area contributed by atoms with Gasteiger partial charge in [0.15, 0.2) is 0 Å². The highest BCUT2D eigenvalue weighted by atomic mass is 16.5. The van der Waals surface area contributed by atoms with Gasteiger partial charge in [-0.3, -0.25) is 0 Å². The van der Waals surface area contributed by atoms with Crippen LogP contribution in [0.2, 0.25) is 0 Å². The molecule has 0 aliphatic carbocycles. The summed E-state index contributed by atoms with van der Waals surface area (Å²) in [6, 6.07) is 5.94. The first-order valence-electron chi connectivity index (χ1n) is 6.72. The highest BCUT2D eigenvalue weighted by Gasteiger charge is 2.09. The minimum atomic E-state index is -0.492. The van der Waals surface area contributed by atoms with E-state index in [9.17, 15) is 5.11 Å². The van der Waals surface area contributed by atoms with Gasteiger partial charge >= 0.3 is 0 Å². The molecule has 0 saturated heterocycles. The van der Waals surface area contributed by atoms with Gasteiger partial charge < -0.3 is 14.7 Å². The standard InChI is InChI=1S/C15H25NO2/c1-5-16(6-2)9-10-18-15-8-7-12(3)11-14(15)13(4)17/h7-8,11,13,17H,5-6,9-10H2,1-4H3. The zero-order valence-electron chi connectivity index (χ0n) is 11.9. The van der Waals surface area contributed by atoms with Gasteiger partial charge in [0.1, 0.15) is 12.4 Å². The molecule has 3 heteroatoms. The molecule has 1 unspecified atom stereocenters.